The van der Waals surface area contributed by atoms with Crippen LogP contribution < -0.4 is 5.32 Å². The Balaban J connectivity index is 1.38. The van der Waals surface area contributed by atoms with Gasteiger partial charge < -0.3 is 10.2 Å². The van der Waals surface area contributed by atoms with Gasteiger partial charge >= 0.3 is 0 Å². The quantitative estimate of drug-likeness (QED) is 0.627. The SMILES string of the molecule is O=C(c1csc(-c2ccccc2F)n1)N1CCC(Nc2ccccc2Cl)CC1. The number of para-hydroxylation sites is 1. The molecule has 1 aliphatic heterocycles. The molecular weight excluding hydrogens is 397 g/mol. The minimum absolute atomic E-state index is 0.102. The number of thiazole rings is 1. The van der Waals surface area contributed by atoms with Crippen molar-refractivity contribution in [2.24, 2.45) is 0 Å². The highest BCUT2D eigenvalue weighted by molar-refractivity contribution is 7.13. The summed E-state index contributed by atoms with van der Waals surface area (Å²) in [5.74, 6) is -0.433. The molecule has 0 bridgehead atoms. The predicted octanol–water partition coefficient (Wildman–Crippen LogP) is 5.32. The lowest BCUT2D eigenvalue weighted by atomic mass is 10.0. The molecule has 2 aromatic carbocycles. The highest BCUT2D eigenvalue weighted by Crippen LogP contribution is 2.28. The number of halogens is 2. The van der Waals surface area contributed by atoms with Gasteiger partial charge in [-0.1, -0.05) is 35.9 Å². The second kappa shape index (κ2) is 8.29. The number of carbonyl (C=O) groups is 1. The van der Waals surface area contributed by atoms with Crippen molar-refractivity contribution in [2.75, 3.05) is 18.4 Å². The zero-order chi connectivity index (χ0) is 19.5. The van der Waals surface area contributed by atoms with Crippen molar-refractivity contribution in [1.82, 2.24) is 9.88 Å². The first-order valence-corrected chi connectivity index (χ1v) is 10.4. The summed E-state index contributed by atoms with van der Waals surface area (Å²) in [6, 6.07) is 14.4. The van der Waals surface area contributed by atoms with E-state index in [0.29, 0.717) is 34.4 Å². The van der Waals surface area contributed by atoms with E-state index in [4.69, 9.17) is 11.6 Å². The number of rotatable bonds is 4. The Bertz CT molecular complexity index is 985. The maximum absolute atomic E-state index is 13.9. The van der Waals surface area contributed by atoms with Crippen molar-refractivity contribution < 1.29 is 9.18 Å². The molecule has 0 atom stereocenters. The van der Waals surface area contributed by atoms with Gasteiger partial charge in [-0.3, -0.25) is 4.79 Å². The molecule has 0 spiro atoms. The molecule has 0 saturated carbocycles. The van der Waals surface area contributed by atoms with Crippen LogP contribution in [0.2, 0.25) is 5.02 Å². The van der Waals surface area contributed by atoms with Gasteiger partial charge in [-0.15, -0.1) is 11.3 Å². The van der Waals surface area contributed by atoms with Gasteiger partial charge in [0.15, 0.2) is 0 Å². The number of hydrogen-bond acceptors (Lipinski definition) is 4. The highest BCUT2D eigenvalue weighted by Gasteiger charge is 2.25. The summed E-state index contributed by atoms with van der Waals surface area (Å²) in [5.41, 5.74) is 1.72. The summed E-state index contributed by atoms with van der Waals surface area (Å²) in [7, 11) is 0. The van der Waals surface area contributed by atoms with Crippen LogP contribution >= 0.6 is 22.9 Å². The zero-order valence-corrected chi connectivity index (χ0v) is 16.6. The number of anilines is 1. The second-order valence-electron chi connectivity index (χ2n) is 6.71. The minimum atomic E-state index is -0.331. The third-order valence-electron chi connectivity index (χ3n) is 4.84. The van der Waals surface area contributed by atoms with Crippen molar-refractivity contribution in [3.05, 3.63) is 70.4 Å². The van der Waals surface area contributed by atoms with E-state index in [1.165, 1.54) is 17.4 Å². The van der Waals surface area contributed by atoms with Crippen LogP contribution in [0.3, 0.4) is 0 Å². The van der Waals surface area contributed by atoms with Gasteiger partial charge in [0.2, 0.25) is 0 Å². The molecule has 1 N–H and O–H groups in total. The van der Waals surface area contributed by atoms with Gasteiger partial charge in [0, 0.05) is 30.1 Å². The van der Waals surface area contributed by atoms with Crippen molar-refractivity contribution >= 4 is 34.5 Å². The molecule has 144 valence electrons. The Hall–Kier alpha value is -2.44. The number of hydrogen-bond donors (Lipinski definition) is 1. The first-order valence-electron chi connectivity index (χ1n) is 9.12. The van der Waals surface area contributed by atoms with Gasteiger partial charge in [-0.05, 0) is 37.1 Å². The van der Waals surface area contributed by atoms with Crippen LogP contribution in [0.15, 0.2) is 53.9 Å². The van der Waals surface area contributed by atoms with Gasteiger partial charge in [0.1, 0.15) is 16.5 Å². The average Bonchev–Trinajstić information content (AvgIpc) is 3.20. The Morgan fingerprint density at radius 2 is 1.86 bits per heavy atom. The van der Waals surface area contributed by atoms with E-state index >= 15 is 0 Å². The fraction of sp³-hybridized carbons (Fsp3) is 0.238. The van der Waals surface area contributed by atoms with Crippen LogP contribution in [-0.2, 0) is 0 Å². The fourth-order valence-electron chi connectivity index (χ4n) is 3.32. The third kappa shape index (κ3) is 4.03. The lowest BCUT2D eigenvalue weighted by Gasteiger charge is -2.32. The van der Waals surface area contributed by atoms with E-state index in [1.807, 2.05) is 29.2 Å². The molecule has 1 aromatic heterocycles. The topological polar surface area (TPSA) is 45.2 Å². The van der Waals surface area contributed by atoms with Gasteiger partial charge in [-0.25, -0.2) is 9.37 Å². The molecule has 4 nitrogen and oxygen atoms in total. The average molecular weight is 416 g/mol. The Morgan fingerprint density at radius 1 is 1.14 bits per heavy atom. The fourth-order valence-corrected chi connectivity index (χ4v) is 4.33. The molecule has 3 aromatic rings. The molecule has 1 amide bonds. The molecule has 0 aliphatic carbocycles. The molecule has 0 radical (unpaired) electrons. The summed E-state index contributed by atoms with van der Waals surface area (Å²) >= 11 is 7.49. The molecule has 28 heavy (non-hydrogen) atoms. The monoisotopic (exact) mass is 415 g/mol. The van der Waals surface area contributed by atoms with Crippen LogP contribution in [0.25, 0.3) is 10.6 Å². The first-order chi connectivity index (χ1) is 13.6. The molecule has 4 rings (SSSR count). The van der Waals surface area contributed by atoms with E-state index in [2.05, 4.69) is 10.3 Å². The number of amides is 1. The molecule has 7 heteroatoms. The standard InChI is InChI=1S/C21H19ClFN3OS/c22-16-6-2-4-8-18(16)24-14-9-11-26(12-10-14)21(27)19-13-28-20(25-19)15-5-1-3-7-17(15)23/h1-8,13-14,24H,9-12H2. The lowest BCUT2D eigenvalue weighted by molar-refractivity contribution is 0.0713. The molecule has 1 fully saturated rings. The normalized spacial score (nSPS) is 14.9. The van der Waals surface area contributed by atoms with Gasteiger partial charge in [0.25, 0.3) is 5.91 Å². The molecule has 1 aliphatic rings. The van der Waals surface area contributed by atoms with Crippen molar-refractivity contribution in [3.63, 3.8) is 0 Å². The number of nitrogens with zero attached hydrogens (tertiary/aromatic N) is 2. The third-order valence-corrected chi connectivity index (χ3v) is 6.05. The highest BCUT2D eigenvalue weighted by atomic mass is 35.5. The van der Waals surface area contributed by atoms with Crippen molar-refractivity contribution in [3.8, 4) is 10.6 Å². The minimum Gasteiger partial charge on any atom is -0.381 e. The van der Waals surface area contributed by atoms with E-state index in [9.17, 15) is 9.18 Å². The number of likely N-dealkylation sites (tertiary alicyclic amines) is 1. The molecule has 2 heterocycles. The summed E-state index contributed by atoms with van der Waals surface area (Å²) in [6.07, 6.45) is 1.67. The number of benzene rings is 2. The van der Waals surface area contributed by atoms with E-state index < -0.39 is 0 Å². The summed E-state index contributed by atoms with van der Waals surface area (Å²) < 4.78 is 13.9. The first kappa shape index (κ1) is 18.9. The number of carbonyl (C=O) groups excluding carboxylic acids is 1. The summed E-state index contributed by atoms with van der Waals surface area (Å²) in [6.45, 7) is 1.29. The maximum Gasteiger partial charge on any atom is 0.273 e. The second-order valence-corrected chi connectivity index (χ2v) is 7.97. The van der Waals surface area contributed by atoms with Crippen LogP contribution in [-0.4, -0.2) is 34.9 Å². The van der Waals surface area contributed by atoms with Gasteiger partial charge in [-0.2, -0.15) is 0 Å². The largest absolute Gasteiger partial charge is 0.381 e. The van der Waals surface area contributed by atoms with Crippen LogP contribution in [0, 0.1) is 5.82 Å². The number of piperidine rings is 1. The van der Waals surface area contributed by atoms with Crippen molar-refractivity contribution in [1.29, 1.82) is 0 Å². The Labute approximate surface area is 172 Å². The van der Waals surface area contributed by atoms with Crippen LogP contribution in [0.1, 0.15) is 23.3 Å². The number of nitrogens with one attached hydrogen (secondary N) is 1. The van der Waals surface area contributed by atoms with Gasteiger partial charge in [0.05, 0.1) is 10.7 Å². The van der Waals surface area contributed by atoms with Crippen LogP contribution in [0.5, 0.6) is 0 Å². The van der Waals surface area contributed by atoms with E-state index in [0.717, 1.165) is 18.5 Å². The van der Waals surface area contributed by atoms with Crippen molar-refractivity contribution in [2.45, 2.75) is 18.9 Å². The predicted molar refractivity (Wildman–Crippen MR) is 112 cm³/mol. The number of aromatic nitrogens is 1. The lowest BCUT2D eigenvalue weighted by Crippen LogP contribution is -2.42. The zero-order valence-electron chi connectivity index (χ0n) is 15.1. The summed E-state index contributed by atoms with van der Waals surface area (Å²) in [4.78, 5) is 19.0. The Morgan fingerprint density at radius 3 is 2.61 bits per heavy atom. The Kier molecular flexibility index (Phi) is 5.59. The molecular formula is C21H19ClFN3OS. The van der Waals surface area contributed by atoms with E-state index in [1.54, 1.807) is 23.6 Å². The summed E-state index contributed by atoms with van der Waals surface area (Å²) in [5, 5.41) is 6.38. The maximum atomic E-state index is 13.9. The van der Waals surface area contributed by atoms with Crippen LogP contribution in [0.4, 0.5) is 10.1 Å². The molecule has 1 saturated heterocycles. The molecule has 0 unspecified atom stereocenters. The van der Waals surface area contributed by atoms with E-state index in [-0.39, 0.29) is 17.8 Å². The smallest absolute Gasteiger partial charge is 0.273 e.